The molecule has 0 fully saturated rings. The minimum absolute atomic E-state index is 0.374. The Morgan fingerprint density at radius 1 is 1.38 bits per heavy atom. The first-order valence-corrected chi connectivity index (χ1v) is 5.64. The number of hydrogen-bond acceptors (Lipinski definition) is 4. The van der Waals surface area contributed by atoms with Gasteiger partial charge in [0.25, 0.3) is 0 Å². The summed E-state index contributed by atoms with van der Waals surface area (Å²) >= 11 is 3.18. The third-order valence-electron chi connectivity index (χ3n) is 2.05. The van der Waals surface area contributed by atoms with Gasteiger partial charge in [-0.15, -0.1) is 0 Å². The van der Waals surface area contributed by atoms with Crippen LogP contribution in [0.4, 0.5) is 0 Å². The molecule has 0 aliphatic rings. The lowest BCUT2D eigenvalue weighted by molar-refractivity contribution is 0.125. The quantitative estimate of drug-likeness (QED) is 0.489. The molecule has 1 aromatic carbocycles. The SMILES string of the molecule is CN(N)/C(COCc1ccccc1)=C(\N)Br. The van der Waals surface area contributed by atoms with Gasteiger partial charge in [0, 0.05) is 7.05 Å². The van der Waals surface area contributed by atoms with Crippen molar-refractivity contribution in [2.45, 2.75) is 6.61 Å². The maximum Gasteiger partial charge on any atom is 0.0986 e. The number of hydrogen-bond donors (Lipinski definition) is 2. The number of rotatable bonds is 5. The van der Waals surface area contributed by atoms with Crippen LogP contribution in [0.2, 0.25) is 0 Å². The molecule has 4 N–H and O–H groups in total. The summed E-state index contributed by atoms with van der Waals surface area (Å²) in [6, 6.07) is 9.94. The molecule has 0 heterocycles. The summed E-state index contributed by atoms with van der Waals surface area (Å²) in [7, 11) is 1.72. The van der Waals surface area contributed by atoms with E-state index in [4.69, 9.17) is 16.3 Å². The lowest BCUT2D eigenvalue weighted by Gasteiger charge is -2.17. The molecule has 16 heavy (non-hydrogen) atoms. The minimum Gasteiger partial charge on any atom is -0.392 e. The Hall–Kier alpha value is -1.04. The molecule has 0 aliphatic heterocycles. The number of halogens is 1. The fourth-order valence-corrected chi connectivity index (χ4v) is 1.57. The molecular formula is C11H16BrN3O. The summed E-state index contributed by atoms with van der Waals surface area (Å²) < 4.78 is 6.01. The molecule has 1 rings (SSSR count). The number of ether oxygens (including phenoxy) is 1. The van der Waals surface area contributed by atoms with E-state index in [2.05, 4.69) is 15.9 Å². The van der Waals surface area contributed by atoms with Crippen LogP contribution in [0.1, 0.15) is 5.56 Å². The third-order valence-corrected chi connectivity index (χ3v) is 2.51. The fraction of sp³-hybridized carbons (Fsp3) is 0.273. The first-order chi connectivity index (χ1) is 7.61. The number of benzene rings is 1. The Morgan fingerprint density at radius 2 is 2.00 bits per heavy atom. The van der Waals surface area contributed by atoms with E-state index < -0.39 is 0 Å². The van der Waals surface area contributed by atoms with Crippen LogP contribution in [0.3, 0.4) is 0 Å². The van der Waals surface area contributed by atoms with Crippen molar-refractivity contribution in [2.75, 3.05) is 13.7 Å². The standard InChI is InChI=1S/C11H16BrN3O/c1-15(14)10(11(12)13)8-16-7-9-5-3-2-4-6-9/h2-6H,7-8,13-14H2,1H3/b11-10-. The lowest BCUT2D eigenvalue weighted by atomic mass is 10.2. The minimum atomic E-state index is 0.374. The van der Waals surface area contributed by atoms with Gasteiger partial charge in [0.2, 0.25) is 0 Å². The van der Waals surface area contributed by atoms with Gasteiger partial charge in [0.05, 0.1) is 23.5 Å². The van der Waals surface area contributed by atoms with E-state index in [0.29, 0.717) is 17.8 Å². The van der Waals surface area contributed by atoms with Crippen molar-refractivity contribution in [1.29, 1.82) is 0 Å². The summed E-state index contributed by atoms with van der Waals surface area (Å²) in [5.41, 5.74) is 7.45. The van der Waals surface area contributed by atoms with Gasteiger partial charge in [-0.05, 0) is 21.5 Å². The van der Waals surface area contributed by atoms with Gasteiger partial charge in [0.15, 0.2) is 0 Å². The van der Waals surface area contributed by atoms with Gasteiger partial charge in [-0.1, -0.05) is 30.3 Å². The van der Waals surface area contributed by atoms with E-state index in [1.807, 2.05) is 30.3 Å². The zero-order chi connectivity index (χ0) is 12.0. The van der Waals surface area contributed by atoms with Gasteiger partial charge in [0.1, 0.15) is 0 Å². The average Bonchev–Trinajstić information content (AvgIpc) is 2.24. The van der Waals surface area contributed by atoms with Gasteiger partial charge >= 0.3 is 0 Å². The summed E-state index contributed by atoms with van der Waals surface area (Å²) in [5.74, 6) is 5.60. The first kappa shape index (κ1) is 13.0. The summed E-state index contributed by atoms with van der Waals surface area (Å²) in [6.45, 7) is 0.914. The van der Waals surface area contributed by atoms with E-state index in [0.717, 1.165) is 11.3 Å². The molecule has 0 bridgehead atoms. The molecule has 0 spiro atoms. The summed E-state index contributed by atoms with van der Waals surface area (Å²) in [4.78, 5) is 0. The first-order valence-electron chi connectivity index (χ1n) is 4.85. The maximum absolute atomic E-state index is 5.61. The molecule has 0 aliphatic carbocycles. The second-order valence-electron chi connectivity index (χ2n) is 3.38. The van der Waals surface area contributed by atoms with E-state index in [1.165, 1.54) is 5.01 Å². The number of nitrogens with two attached hydrogens (primary N) is 2. The fourth-order valence-electron chi connectivity index (χ4n) is 1.18. The Bertz CT molecular complexity index is 348. The largest absolute Gasteiger partial charge is 0.392 e. The summed E-state index contributed by atoms with van der Waals surface area (Å²) in [6.07, 6.45) is 0. The Morgan fingerprint density at radius 3 is 2.50 bits per heavy atom. The van der Waals surface area contributed by atoms with Gasteiger partial charge < -0.3 is 15.5 Å². The third kappa shape index (κ3) is 4.22. The molecule has 4 nitrogen and oxygen atoms in total. The van der Waals surface area contributed by atoms with Gasteiger partial charge in [-0.25, -0.2) is 5.84 Å². The highest BCUT2D eigenvalue weighted by Crippen LogP contribution is 2.09. The Labute approximate surface area is 104 Å². The van der Waals surface area contributed by atoms with Gasteiger partial charge in [-0.2, -0.15) is 0 Å². The second-order valence-corrected chi connectivity index (χ2v) is 4.24. The lowest BCUT2D eigenvalue weighted by Crippen LogP contribution is -2.29. The molecule has 1 aromatic rings. The second kappa shape index (κ2) is 6.52. The molecule has 0 unspecified atom stereocenters. The predicted molar refractivity (Wildman–Crippen MR) is 68.2 cm³/mol. The highest BCUT2D eigenvalue weighted by atomic mass is 79.9. The van der Waals surface area contributed by atoms with E-state index in [-0.39, 0.29) is 0 Å². The van der Waals surface area contributed by atoms with Crippen molar-refractivity contribution in [2.24, 2.45) is 11.6 Å². The average molecular weight is 286 g/mol. The van der Waals surface area contributed by atoms with Crippen molar-refractivity contribution in [3.05, 3.63) is 46.2 Å². The zero-order valence-electron chi connectivity index (χ0n) is 9.19. The molecule has 0 radical (unpaired) electrons. The van der Waals surface area contributed by atoms with Crippen molar-refractivity contribution in [3.8, 4) is 0 Å². The van der Waals surface area contributed by atoms with Crippen LogP contribution in [0.15, 0.2) is 40.6 Å². The molecule has 0 saturated heterocycles. The predicted octanol–water partition coefficient (Wildman–Crippen LogP) is 1.53. The van der Waals surface area contributed by atoms with Crippen molar-refractivity contribution < 1.29 is 4.74 Å². The van der Waals surface area contributed by atoms with E-state index >= 15 is 0 Å². The highest BCUT2D eigenvalue weighted by Gasteiger charge is 2.05. The van der Waals surface area contributed by atoms with E-state index in [1.54, 1.807) is 7.05 Å². The maximum atomic E-state index is 5.61. The van der Waals surface area contributed by atoms with Crippen LogP contribution in [-0.4, -0.2) is 18.7 Å². The van der Waals surface area contributed by atoms with Crippen molar-refractivity contribution >= 4 is 15.9 Å². The smallest absolute Gasteiger partial charge is 0.0986 e. The molecule has 0 saturated carbocycles. The van der Waals surface area contributed by atoms with Crippen LogP contribution in [0.5, 0.6) is 0 Å². The zero-order valence-corrected chi connectivity index (χ0v) is 10.8. The van der Waals surface area contributed by atoms with Crippen LogP contribution in [0, 0.1) is 0 Å². The molecular weight excluding hydrogens is 270 g/mol. The van der Waals surface area contributed by atoms with Crippen molar-refractivity contribution in [1.82, 2.24) is 5.01 Å². The molecule has 0 aromatic heterocycles. The molecule has 0 atom stereocenters. The Kier molecular flexibility index (Phi) is 5.31. The molecule has 0 amide bonds. The van der Waals surface area contributed by atoms with Crippen LogP contribution in [0.25, 0.3) is 0 Å². The van der Waals surface area contributed by atoms with Gasteiger partial charge in [-0.3, -0.25) is 0 Å². The van der Waals surface area contributed by atoms with Crippen LogP contribution >= 0.6 is 15.9 Å². The molecule has 88 valence electrons. The monoisotopic (exact) mass is 285 g/mol. The van der Waals surface area contributed by atoms with Crippen LogP contribution < -0.4 is 11.6 Å². The highest BCUT2D eigenvalue weighted by molar-refractivity contribution is 9.11. The van der Waals surface area contributed by atoms with E-state index in [9.17, 15) is 0 Å². The number of likely N-dealkylation sites (N-methyl/N-ethyl adjacent to an activating group) is 1. The summed E-state index contributed by atoms with van der Waals surface area (Å²) in [5, 5.41) is 1.44. The molecule has 5 heteroatoms. The number of nitrogens with zero attached hydrogens (tertiary/aromatic N) is 1. The topological polar surface area (TPSA) is 64.5 Å². The van der Waals surface area contributed by atoms with Crippen LogP contribution in [-0.2, 0) is 11.3 Å². The number of hydrazine groups is 1. The van der Waals surface area contributed by atoms with Crippen molar-refractivity contribution in [3.63, 3.8) is 0 Å². The normalized spacial score (nSPS) is 12.2. The Balaban J connectivity index is 2.44.